The summed E-state index contributed by atoms with van der Waals surface area (Å²) in [7, 11) is 1.85. The van der Waals surface area contributed by atoms with Crippen LogP contribution in [0.25, 0.3) is 22.3 Å². The summed E-state index contributed by atoms with van der Waals surface area (Å²) in [6.07, 6.45) is 2.99. The predicted molar refractivity (Wildman–Crippen MR) is 109 cm³/mol. The van der Waals surface area contributed by atoms with E-state index in [9.17, 15) is 4.79 Å². The average Bonchev–Trinajstić information content (AvgIpc) is 2.98. The Morgan fingerprint density at radius 3 is 2.70 bits per heavy atom. The number of nitrogens with one attached hydrogen (secondary N) is 1. The summed E-state index contributed by atoms with van der Waals surface area (Å²) < 4.78 is 1.73. The van der Waals surface area contributed by atoms with Gasteiger partial charge in [-0.25, -0.2) is 4.98 Å². The molecule has 1 atom stereocenters. The first kappa shape index (κ1) is 19.0. The fourth-order valence-corrected chi connectivity index (χ4v) is 3.34. The van der Waals surface area contributed by atoms with Crippen LogP contribution < -0.4 is 11.1 Å². The van der Waals surface area contributed by atoms with Crippen molar-refractivity contribution in [3.8, 4) is 11.3 Å². The van der Waals surface area contributed by atoms with Crippen LogP contribution in [0.3, 0.4) is 0 Å². The normalized spacial score (nSPS) is 12.3. The van der Waals surface area contributed by atoms with Crippen molar-refractivity contribution in [2.24, 2.45) is 12.8 Å². The highest BCUT2D eigenvalue weighted by atomic mass is 16.1. The van der Waals surface area contributed by atoms with Gasteiger partial charge >= 0.3 is 0 Å². The smallest absolute Gasteiger partial charge is 0.252 e. The number of carbonyl (C=O) groups is 1. The summed E-state index contributed by atoms with van der Waals surface area (Å²) in [5, 5.41) is 8.36. The van der Waals surface area contributed by atoms with E-state index in [0.29, 0.717) is 17.8 Å². The number of pyridine rings is 1. The molecule has 0 bridgehead atoms. The molecule has 3 aromatic rings. The molecule has 6 heteroatoms. The highest BCUT2D eigenvalue weighted by Crippen LogP contribution is 2.26. The number of unbranched alkanes of at least 4 members (excludes halogenated alkanes) is 1. The topological polar surface area (TPSA) is 85.8 Å². The van der Waals surface area contributed by atoms with Gasteiger partial charge in [0.15, 0.2) is 5.65 Å². The van der Waals surface area contributed by atoms with Gasteiger partial charge in [-0.05, 0) is 19.4 Å². The molecule has 0 aliphatic carbocycles. The maximum absolute atomic E-state index is 13.1. The van der Waals surface area contributed by atoms with Gasteiger partial charge in [0.05, 0.1) is 22.3 Å². The van der Waals surface area contributed by atoms with Gasteiger partial charge < -0.3 is 11.1 Å². The Kier molecular flexibility index (Phi) is 5.86. The van der Waals surface area contributed by atoms with Crippen LogP contribution in [-0.2, 0) is 7.05 Å². The number of aryl methyl sites for hydroxylation is 2. The summed E-state index contributed by atoms with van der Waals surface area (Å²) in [6, 6.07) is 11.7. The summed E-state index contributed by atoms with van der Waals surface area (Å²) in [4.78, 5) is 17.9. The Morgan fingerprint density at radius 1 is 1.30 bits per heavy atom. The molecule has 2 heterocycles. The van der Waals surface area contributed by atoms with E-state index >= 15 is 0 Å². The standard InChI is InChI=1S/C21H27N5O/c1-4-5-11-16(13-22)23-21(27)17-12-18(15-9-7-6-8-10-15)24-20-19(17)14(2)25-26(20)3/h6-10,12,16H,4-5,11,13,22H2,1-3H3,(H,23,27). The molecule has 0 radical (unpaired) electrons. The second kappa shape index (κ2) is 8.31. The van der Waals surface area contributed by atoms with Gasteiger partial charge in [0, 0.05) is 25.2 Å². The molecule has 0 saturated heterocycles. The third kappa shape index (κ3) is 4.01. The summed E-state index contributed by atoms with van der Waals surface area (Å²) in [6.45, 7) is 4.46. The van der Waals surface area contributed by atoms with Gasteiger partial charge in [-0.2, -0.15) is 5.10 Å². The third-order valence-corrected chi connectivity index (χ3v) is 4.81. The molecule has 1 unspecified atom stereocenters. The number of hydrogen-bond acceptors (Lipinski definition) is 4. The number of aromatic nitrogens is 3. The summed E-state index contributed by atoms with van der Waals surface area (Å²) in [5.41, 5.74) is 9.68. The van der Waals surface area contributed by atoms with Crippen LogP contribution in [0.15, 0.2) is 36.4 Å². The Balaban J connectivity index is 2.06. The Labute approximate surface area is 159 Å². The summed E-state index contributed by atoms with van der Waals surface area (Å²) >= 11 is 0. The molecule has 0 saturated carbocycles. The Bertz CT molecular complexity index is 933. The monoisotopic (exact) mass is 365 g/mol. The lowest BCUT2D eigenvalue weighted by Crippen LogP contribution is -2.40. The molecular weight excluding hydrogens is 338 g/mol. The first-order valence-corrected chi connectivity index (χ1v) is 9.45. The lowest BCUT2D eigenvalue weighted by Gasteiger charge is -2.17. The first-order valence-electron chi connectivity index (χ1n) is 9.45. The molecule has 1 amide bonds. The lowest BCUT2D eigenvalue weighted by atomic mass is 10.0. The van der Waals surface area contributed by atoms with E-state index in [-0.39, 0.29) is 11.9 Å². The Hall–Kier alpha value is -2.73. The number of hydrogen-bond donors (Lipinski definition) is 2. The van der Waals surface area contributed by atoms with Gasteiger partial charge in [0.25, 0.3) is 5.91 Å². The second-order valence-corrected chi connectivity index (χ2v) is 6.88. The van der Waals surface area contributed by atoms with E-state index in [1.165, 1.54) is 0 Å². The van der Waals surface area contributed by atoms with Crippen molar-refractivity contribution in [3.05, 3.63) is 47.7 Å². The van der Waals surface area contributed by atoms with Crippen LogP contribution in [0, 0.1) is 6.92 Å². The minimum absolute atomic E-state index is 0.0298. The van der Waals surface area contributed by atoms with E-state index in [0.717, 1.165) is 41.6 Å². The van der Waals surface area contributed by atoms with E-state index in [4.69, 9.17) is 10.7 Å². The molecular formula is C21H27N5O. The van der Waals surface area contributed by atoms with Crippen molar-refractivity contribution >= 4 is 16.9 Å². The van der Waals surface area contributed by atoms with Crippen LogP contribution in [0.2, 0.25) is 0 Å². The number of nitrogens with zero attached hydrogens (tertiary/aromatic N) is 3. The minimum Gasteiger partial charge on any atom is -0.348 e. The maximum atomic E-state index is 13.1. The number of carbonyl (C=O) groups excluding carboxylic acids is 1. The van der Waals surface area contributed by atoms with Crippen molar-refractivity contribution in [1.82, 2.24) is 20.1 Å². The zero-order valence-corrected chi connectivity index (χ0v) is 16.2. The predicted octanol–water partition coefficient (Wildman–Crippen LogP) is 3.19. The van der Waals surface area contributed by atoms with Crippen molar-refractivity contribution < 1.29 is 4.79 Å². The second-order valence-electron chi connectivity index (χ2n) is 6.88. The molecule has 3 N–H and O–H groups in total. The van der Waals surface area contributed by atoms with Crippen LogP contribution in [0.5, 0.6) is 0 Å². The number of rotatable bonds is 7. The zero-order valence-electron chi connectivity index (χ0n) is 16.2. The maximum Gasteiger partial charge on any atom is 0.252 e. The average molecular weight is 365 g/mol. The number of benzene rings is 1. The van der Waals surface area contributed by atoms with Crippen LogP contribution >= 0.6 is 0 Å². The van der Waals surface area contributed by atoms with Gasteiger partial charge in [0.1, 0.15) is 0 Å². The molecule has 0 spiro atoms. The Morgan fingerprint density at radius 2 is 2.04 bits per heavy atom. The molecule has 1 aromatic carbocycles. The largest absolute Gasteiger partial charge is 0.348 e. The van der Waals surface area contributed by atoms with Gasteiger partial charge in [-0.15, -0.1) is 0 Å². The van der Waals surface area contributed by atoms with Crippen LogP contribution in [0.4, 0.5) is 0 Å². The summed E-state index contributed by atoms with van der Waals surface area (Å²) in [5.74, 6) is -0.123. The lowest BCUT2D eigenvalue weighted by molar-refractivity contribution is 0.0937. The number of fused-ring (bicyclic) bond motifs is 1. The molecule has 6 nitrogen and oxygen atoms in total. The SMILES string of the molecule is CCCCC(CN)NC(=O)c1cc(-c2ccccc2)nc2c1c(C)nn2C. The molecule has 0 aliphatic rings. The van der Waals surface area contributed by atoms with Crippen LogP contribution in [-0.4, -0.2) is 33.3 Å². The third-order valence-electron chi connectivity index (χ3n) is 4.81. The molecule has 27 heavy (non-hydrogen) atoms. The number of nitrogens with two attached hydrogens (primary N) is 1. The highest BCUT2D eigenvalue weighted by Gasteiger charge is 2.21. The van der Waals surface area contributed by atoms with Gasteiger partial charge in [-0.1, -0.05) is 50.1 Å². The van der Waals surface area contributed by atoms with E-state index in [1.807, 2.05) is 50.4 Å². The molecule has 3 rings (SSSR count). The van der Waals surface area contributed by atoms with Crippen molar-refractivity contribution in [1.29, 1.82) is 0 Å². The van der Waals surface area contributed by atoms with E-state index < -0.39 is 0 Å². The fraction of sp³-hybridized carbons (Fsp3) is 0.381. The van der Waals surface area contributed by atoms with Gasteiger partial charge in [-0.3, -0.25) is 9.48 Å². The quantitative estimate of drug-likeness (QED) is 0.673. The fourth-order valence-electron chi connectivity index (χ4n) is 3.34. The molecule has 0 aliphatic heterocycles. The molecule has 2 aromatic heterocycles. The molecule has 142 valence electrons. The zero-order chi connectivity index (χ0) is 19.4. The molecule has 0 fully saturated rings. The van der Waals surface area contributed by atoms with E-state index in [2.05, 4.69) is 17.3 Å². The van der Waals surface area contributed by atoms with Crippen molar-refractivity contribution in [3.63, 3.8) is 0 Å². The van der Waals surface area contributed by atoms with Crippen molar-refractivity contribution in [2.75, 3.05) is 6.54 Å². The van der Waals surface area contributed by atoms with Gasteiger partial charge in [0.2, 0.25) is 0 Å². The minimum atomic E-state index is -0.123. The first-order chi connectivity index (χ1) is 13.0. The van der Waals surface area contributed by atoms with Crippen molar-refractivity contribution in [2.45, 2.75) is 39.2 Å². The van der Waals surface area contributed by atoms with Crippen LogP contribution in [0.1, 0.15) is 42.2 Å². The highest BCUT2D eigenvalue weighted by molar-refractivity contribution is 6.07. The van der Waals surface area contributed by atoms with E-state index in [1.54, 1.807) is 4.68 Å². The number of amides is 1.